The number of ether oxygens (including phenoxy) is 1. The number of carboxylic acid groups (broad SMARTS) is 1. The quantitative estimate of drug-likeness (QED) is 0.639. The minimum Gasteiger partial charge on any atom is -0.507 e. The van der Waals surface area contributed by atoms with Gasteiger partial charge in [-0.25, -0.2) is 4.39 Å². The summed E-state index contributed by atoms with van der Waals surface area (Å²) in [4.78, 5) is 11.5. The van der Waals surface area contributed by atoms with Crippen molar-refractivity contribution in [3.63, 3.8) is 0 Å². The Morgan fingerprint density at radius 2 is 1.97 bits per heavy atom. The Morgan fingerprint density at radius 1 is 1.23 bits per heavy atom. The Morgan fingerprint density at radius 3 is 2.63 bits per heavy atom. The van der Waals surface area contributed by atoms with Crippen LogP contribution in [0.2, 0.25) is 0 Å². The van der Waals surface area contributed by atoms with Crippen LogP contribution in [0.25, 0.3) is 16.6 Å². The molecule has 0 amide bonds. The van der Waals surface area contributed by atoms with Gasteiger partial charge in [-0.2, -0.15) is 0 Å². The number of carboxylic acids is 1. The molecule has 0 unspecified atom stereocenters. The minimum absolute atomic E-state index is 0.140. The lowest BCUT2D eigenvalue weighted by molar-refractivity contribution is -0.180. The number of nitrogens with zero attached hydrogens (tertiary/aromatic N) is 1. The first-order valence-electron chi connectivity index (χ1n) is 10.2. The van der Waals surface area contributed by atoms with E-state index >= 15 is 0 Å². The summed E-state index contributed by atoms with van der Waals surface area (Å²) in [5, 5.41) is 21.0. The molecule has 5 nitrogen and oxygen atoms in total. The number of aromatic nitrogens is 1. The zero-order valence-electron chi connectivity index (χ0n) is 17.2. The predicted octanol–water partition coefficient (Wildman–Crippen LogP) is 4.78. The second-order valence-electron chi connectivity index (χ2n) is 9.27. The van der Waals surface area contributed by atoms with Crippen LogP contribution in [0.4, 0.5) is 4.39 Å². The third-order valence-electron chi connectivity index (χ3n) is 6.68. The smallest absolute Gasteiger partial charge is 0.306 e. The predicted molar refractivity (Wildman–Crippen MR) is 111 cm³/mol. The van der Waals surface area contributed by atoms with E-state index in [1.807, 2.05) is 6.07 Å². The van der Waals surface area contributed by atoms with E-state index in [0.29, 0.717) is 30.4 Å². The maximum absolute atomic E-state index is 14.0. The van der Waals surface area contributed by atoms with Crippen LogP contribution in [0.3, 0.4) is 0 Å². The fourth-order valence-corrected chi connectivity index (χ4v) is 5.13. The van der Waals surface area contributed by atoms with Gasteiger partial charge < -0.3 is 19.5 Å². The van der Waals surface area contributed by atoms with Crippen LogP contribution in [0.5, 0.6) is 5.75 Å². The molecular weight excluding hydrogens is 385 g/mol. The molecule has 2 aromatic carbocycles. The number of aliphatic carboxylic acids is 1. The molecule has 1 aliphatic carbocycles. The second-order valence-corrected chi connectivity index (χ2v) is 9.27. The van der Waals surface area contributed by atoms with Crippen molar-refractivity contribution in [2.45, 2.75) is 44.6 Å². The Labute approximate surface area is 173 Å². The number of carbonyl (C=O) groups is 1. The van der Waals surface area contributed by atoms with Crippen molar-refractivity contribution in [2.75, 3.05) is 6.61 Å². The maximum atomic E-state index is 14.0. The van der Waals surface area contributed by atoms with Gasteiger partial charge in [0.2, 0.25) is 0 Å². The summed E-state index contributed by atoms with van der Waals surface area (Å²) in [5.41, 5.74) is 2.89. The van der Waals surface area contributed by atoms with Crippen LogP contribution >= 0.6 is 0 Å². The Balaban J connectivity index is 1.86. The monoisotopic (exact) mass is 409 g/mol. The van der Waals surface area contributed by atoms with Gasteiger partial charge >= 0.3 is 5.97 Å². The highest BCUT2D eigenvalue weighted by molar-refractivity contribution is 5.94. The molecule has 1 aliphatic heterocycles. The van der Waals surface area contributed by atoms with Crippen LogP contribution in [-0.2, 0) is 20.5 Å². The zero-order valence-corrected chi connectivity index (χ0v) is 17.2. The van der Waals surface area contributed by atoms with Gasteiger partial charge in [0.25, 0.3) is 0 Å². The number of benzene rings is 2. The normalized spacial score (nSPS) is 24.6. The molecule has 1 aromatic heterocycles. The van der Waals surface area contributed by atoms with E-state index in [0.717, 1.165) is 22.5 Å². The summed E-state index contributed by atoms with van der Waals surface area (Å²) >= 11 is 0. The number of rotatable bonds is 2. The molecule has 5 rings (SSSR count). The fraction of sp³-hybridized carbons (Fsp3) is 0.375. The van der Waals surface area contributed by atoms with Crippen molar-refractivity contribution in [1.29, 1.82) is 0 Å². The van der Waals surface area contributed by atoms with E-state index in [1.165, 1.54) is 6.07 Å². The molecule has 3 aromatic rings. The van der Waals surface area contributed by atoms with E-state index in [4.69, 9.17) is 4.74 Å². The van der Waals surface area contributed by atoms with E-state index in [1.54, 1.807) is 31.2 Å². The molecule has 0 bridgehead atoms. The van der Waals surface area contributed by atoms with Crippen molar-refractivity contribution in [2.24, 2.45) is 5.92 Å². The fourth-order valence-electron chi connectivity index (χ4n) is 5.13. The van der Waals surface area contributed by atoms with Crippen LogP contribution in [-0.4, -0.2) is 27.4 Å². The van der Waals surface area contributed by atoms with Crippen molar-refractivity contribution >= 4 is 16.9 Å². The molecule has 0 atom stereocenters. The first kappa shape index (κ1) is 19.1. The molecule has 0 radical (unpaired) electrons. The number of aryl methyl sites for hydroxylation is 1. The largest absolute Gasteiger partial charge is 0.507 e. The lowest BCUT2D eigenvalue weighted by Crippen LogP contribution is -2.52. The Hall–Kier alpha value is -2.86. The number of hydrogen-bond acceptors (Lipinski definition) is 3. The van der Waals surface area contributed by atoms with Gasteiger partial charge in [0.15, 0.2) is 0 Å². The summed E-state index contributed by atoms with van der Waals surface area (Å²) in [6.45, 7) is 6.32. The van der Waals surface area contributed by atoms with Crippen molar-refractivity contribution in [3.8, 4) is 11.4 Å². The molecule has 2 N–H and O–H groups in total. The summed E-state index contributed by atoms with van der Waals surface area (Å²) in [6.07, 6.45) is 0.753. The first-order chi connectivity index (χ1) is 14.1. The lowest BCUT2D eigenvalue weighted by Gasteiger charge is -2.51. The Bertz CT molecular complexity index is 1200. The van der Waals surface area contributed by atoms with Gasteiger partial charge in [-0.15, -0.1) is 0 Å². The number of phenolic OH excluding ortho intramolecular Hbond substituents is 1. The standard InChI is InChI=1S/C24H24FNO4/c1-13-9-15(7-8-16(13)25)26-17-5-4-6-18(27)19(17)20-21(26)23(2,3)12-30-24(20)10-14(11-24)22(28)29/h4-9,14,27H,10-12H2,1-3H3,(H,28,29)/t14-,24-. The molecule has 2 heterocycles. The number of hydrogen-bond donors (Lipinski definition) is 2. The summed E-state index contributed by atoms with van der Waals surface area (Å²) in [7, 11) is 0. The molecule has 1 spiro atoms. The second kappa shape index (κ2) is 6.08. The van der Waals surface area contributed by atoms with Crippen LogP contribution < -0.4 is 0 Å². The van der Waals surface area contributed by atoms with Gasteiger partial charge in [0.05, 0.1) is 23.6 Å². The summed E-state index contributed by atoms with van der Waals surface area (Å²) in [6, 6.07) is 10.4. The average Bonchev–Trinajstić information content (AvgIpc) is 3.01. The number of halogens is 1. The van der Waals surface area contributed by atoms with Crippen molar-refractivity contribution in [3.05, 3.63) is 59.0 Å². The number of fused-ring (bicyclic) bond motifs is 4. The van der Waals surface area contributed by atoms with Crippen molar-refractivity contribution < 1.29 is 24.1 Å². The number of phenols is 1. The summed E-state index contributed by atoms with van der Waals surface area (Å²) < 4.78 is 22.4. The third-order valence-corrected chi connectivity index (χ3v) is 6.68. The van der Waals surface area contributed by atoms with Crippen LogP contribution in [0.1, 0.15) is 43.5 Å². The summed E-state index contributed by atoms with van der Waals surface area (Å²) in [5.74, 6) is -1.41. The van der Waals surface area contributed by atoms with E-state index in [9.17, 15) is 19.4 Å². The molecule has 6 heteroatoms. The molecule has 0 saturated heterocycles. The molecule has 1 fully saturated rings. The zero-order chi connectivity index (χ0) is 21.4. The first-order valence-corrected chi connectivity index (χ1v) is 10.2. The molecule has 2 aliphatic rings. The van der Waals surface area contributed by atoms with E-state index < -0.39 is 17.5 Å². The van der Waals surface area contributed by atoms with Crippen LogP contribution in [0.15, 0.2) is 36.4 Å². The molecular formula is C24H24FNO4. The minimum atomic E-state index is -0.822. The highest BCUT2D eigenvalue weighted by Crippen LogP contribution is 2.58. The highest BCUT2D eigenvalue weighted by Gasteiger charge is 2.57. The third kappa shape index (κ3) is 2.46. The van der Waals surface area contributed by atoms with Gasteiger partial charge in [-0.3, -0.25) is 4.79 Å². The SMILES string of the molecule is Cc1cc(-n2c3c(c4c(O)cccc42)[C@]2(C[C@@H](C(=O)O)C2)OCC3(C)C)ccc1F. The van der Waals surface area contributed by atoms with Gasteiger partial charge in [0, 0.05) is 27.7 Å². The van der Waals surface area contributed by atoms with Gasteiger partial charge in [-0.05, 0) is 55.7 Å². The molecule has 1 saturated carbocycles. The number of aromatic hydroxyl groups is 1. The van der Waals surface area contributed by atoms with Gasteiger partial charge in [0.1, 0.15) is 11.6 Å². The van der Waals surface area contributed by atoms with Crippen molar-refractivity contribution in [1.82, 2.24) is 4.57 Å². The Kier molecular flexibility index (Phi) is 3.87. The van der Waals surface area contributed by atoms with Gasteiger partial charge in [-0.1, -0.05) is 19.9 Å². The maximum Gasteiger partial charge on any atom is 0.306 e. The average molecular weight is 409 g/mol. The van der Waals surface area contributed by atoms with E-state index in [2.05, 4.69) is 18.4 Å². The van der Waals surface area contributed by atoms with Crippen LogP contribution in [0, 0.1) is 18.7 Å². The highest BCUT2D eigenvalue weighted by atomic mass is 19.1. The molecule has 30 heavy (non-hydrogen) atoms. The molecule has 156 valence electrons. The topological polar surface area (TPSA) is 71.7 Å². The lowest BCUT2D eigenvalue weighted by atomic mass is 9.63. The van der Waals surface area contributed by atoms with E-state index in [-0.39, 0.29) is 17.0 Å².